The SMILES string of the molecule is NC(N)=NC(=O)OCc1cccc(-c2cnc(N3CCC(N4CCOCC4)CC3)nc2)c1F. The number of anilines is 1. The maximum atomic E-state index is 15.0. The third-order valence-electron chi connectivity index (χ3n) is 5.91. The average Bonchev–Trinajstić information content (AvgIpc) is 2.84. The van der Waals surface area contributed by atoms with E-state index in [-0.39, 0.29) is 12.2 Å². The molecule has 2 saturated heterocycles. The number of aromatic nitrogens is 2. The fourth-order valence-electron chi connectivity index (χ4n) is 4.19. The first-order valence-corrected chi connectivity index (χ1v) is 10.9. The zero-order valence-electron chi connectivity index (χ0n) is 18.3. The van der Waals surface area contributed by atoms with E-state index in [2.05, 4.69) is 24.8 Å². The first-order chi connectivity index (χ1) is 16.0. The minimum absolute atomic E-state index is 0.195. The molecule has 0 bridgehead atoms. The summed E-state index contributed by atoms with van der Waals surface area (Å²) in [4.78, 5) is 28.3. The van der Waals surface area contributed by atoms with Gasteiger partial charge in [-0.25, -0.2) is 19.2 Å². The highest BCUT2D eigenvalue weighted by Crippen LogP contribution is 2.26. The van der Waals surface area contributed by atoms with Gasteiger partial charge in [-0.15, -0.1) is 4.99 Å². The standard InChI is InChI=1S/C22H28FN7O3/c23-19-15(14-33-22(31)28-20(24)25)2-1-3-18(19)16-12-26-21(27-13-16)30-6-4-17(5-7-30)29-8-10-32-11-9-29/h1-3,12-13,17H,4-11,14H2,(H4,24,25,28,31). The molecule has 3 heterocycles. The number of guanidine groups is 1. The molecule has 176 valence electrons. The number of piperidine rings is 1. The Morgan fingerprint density at radius 1 is 1.15 bits per heavy atom. The molecule has 1 aromatic carbocycles. The van der Waals surface area contributed by atoms with Crippen LogP contribution >= 0.6 is 0 Å². The number of hydrogen-bond acceptors (Lipinski definition) is 7. The van der Waals surface area contributed by atoms with Crippen LogP contribution in [-0.4, -0.2) is 72.4 Å². The van der Waals surface area contributed by atoms with Gasteiger partial charge in [0, 0.05) is 61.3 Å². The number of hydrogen-bond donors (Lipinski definition) is 2. The van der Waals surface area contributed by atoms with Crippen LogP contribution in [0.5, 0.6) is 0 Å². The van der Waals surface area contributed by atoms with Crippen LogP contribution in [0.15, 0.2) is 35.6 Å². The Bertz CT molecular complexity index is 984. The lowest BCUT2D eigenvalue weighted by molar-refractivity contribution is 0.0114. The highest BCUT2D eigenvalue weighted by Gasteiger charge is 2.26. The van der Waals surface area contributed by atoms with Gasteiger partial charge in [0.15, 0.2) is 5.96 Å². The molecule has 11 heteroatoms. The van der Waals surface area contributed by atoms with Crippen LogP contribution < -0.4 is 16.4 Å². The number of aliphatic imine (C=N–C) groups is 1. The number of morpholine rings is 1. The van der Waals surface area contributed by atoms with Crippen LogP contribution in [0.1, 0.15) is 18.4 Å². The first-order valence-electron chi connectivity index (χ1n) is 10.9. The summed E-state index contributed by atoms with van der Waals surface area (Å²) in [5, 5.41) is 0. The van der Waals surface area contributed by atoms with E-state index in [9.17, 15) is 9.18 Å². The topological polar surface area (TPSA) is 132 Å². The normalized spacial score (nSPS) is 17.5. The van der Waals surface area contributed by atoms with Crippen molar-refractivity contribution in [2.45, 2.75) is 25.5 Å². The van der Waals surface area contributed by atoms with E-state index in [0.717, 1.165) is 52.2 Å². The Hall–Kier alpha value is -3.31. The summed E-state index contributed by atoms with van der Waals surface area (Å²) in [5.41, 5.74) is 11.3. The van der Waals surface area contributed by atoms with Crippen molar-refractivity contribution in [1.29, 1.82) is 0 Å². The van der Waals surface area contributed by atoms with E-state index in [1.54, 1.807) is 24.5 Å². The number of ether oxygens (including phenoxy) is 2. The Kier molecular flexibility index (Phi) is 7.30. The van der Waals surface area contributed by atoms with Crippen molar-refractivity contribution in [2.24, 2.45) is 16.5 Å². The molecule has 0 spiro atoms. The molecular formula is C22H28FN7O3. The molecule has 2 aromatic rings. The molecule has 33 heavy (non-hydrogen) atoms. The highest BCUT2D eigenvalue weighted by atomic mass is 19.1. The van der Waals surface area contributed by atoms with Gasteiger partial charge in [-0.2, -0.15) is 0 Å². The molecule has 0 unspecified atom stereocenters. The molecule has 1 amide bonds. The second-order valence-electron chi connectivity index (χ2n) is 8.01. The summed E-state index contributed by atoms with van der Waals surface area (Å²) in [7, 11) is 0. The number of nitrogens with zero attached hydrogens (tertiary/aromatic N) is 5. The number of rotatable bonds is 5. The van der Waals surface area contributed by atoms with Crippen molar-refractivity contribution in [1.82, 2.24) is 14.9 Å². The second kappa shape index (κ2) is 10.5. The van der Waals surface area contributed by atoms with Crippen molar-refractivity contribution >= 4 is 18.0 Å². The van der Waals surface area contributed by atoms with Gasteiger partial charge in [0.2, 0.25) is 5.95 Å². The van der Waals surface area contributed by atoms with Crippen LogP contribution in [0, 0.1) is 5.82 Å². The number of halogens is 1. The smallest absolute Gasteiger partial charge is 0.437 e. The van der Waals surface area contributed by atoms with Gasteiger partial charge in [0.1, 0.15) is 12.4 Å². The van der Waals surface area contributed by atoms with Gasteiger partial charge >= 0.3 is 6.09 Å². The monoisotopic (exact) mass is 457 g/mol. The van der Waals surface area contributed by atoms with Gasteiger partial charge in [-0.1, -0.05) is 18.2 Å². The number of carbonyl (C=O) groups is 1. The van der Waals surface area contributed by atoms with Crippen molar-refractivity contribution in [3.8, 4) is 11.1 Å². The first kappa shape index (κ1) is 22.9. The molecule has 0 radical (unpaired) electrons. The van der Waals surface area contributed by atoms with Crippen LogP contribution in [0.2, 0.25) is 0 Å². The minimum Gasteiger partial charge on any atom is -0.443 e. The van der Waals surface area contributed by atoms with E-state index in [0.29, 0.717) is 23.1 Å². The van der Waals surface area contributed by atoms with Crippen molar-refractivity contribution in [2.75, 3.05) is 44.3 Å². The van der Waals surface area contributed by atoms with Crippen LogP contribution in [0.25, 0.3) is 11.1 Å². The molecular weight excluding hydrogens is 429 g/mol. The summed E-state index contributed by atoms with van der Waals surface area (Å²) in [6.45, 7) is 5.07. The van der Waals surface area contributed by atoms with E-state index in [1.807, 2.05) is 0 Å². The molecule has 0 aliphatic carbocycles. The lowest BCUT2D eigenvalue weighted by Gasteiger charge is -2.40. The third kappa shape index (κ3) is 5.74. The fraction of sp³-hybridized carbons (Fsp3) is 0.455. The number of carbonyl (C=O) groups excluding carboxylic acids is 1. The van der Waals surface area contributed by atoms with Crippen LogP contribution in [0.4, 0.5) is 15.1 Å². The van der Waals surface area contributed by atoms with Gasteiger partial charge in [0.25, 0.3) is 0 Å². The lowest BCUT2D eigenvalue weighted by Crippen LogP contribution is -2.49. The Labute approximate surface area is 191 Å². The molecule has 0 saturated carbocycles. The molecule has 10 nitrogen and oxygen atoms in total. The maximum Gasteiger partial charge on any atom is 0.437 e. The van der Waals surface area contributed by atoms with Gasteiger partial charge in [0.05, 0.1) is 13.2 Å². The molecule has 4 rings (SSSR count). The molecule has 2 fully saturated rings. The Morgan fingerprint density at radius 2 is 1.85 bits per heavy atom. The van der Waals surface area contributed by atoms with E-state index in [1.165, 1.54) is 6.07 Å². The van der Waals surface area contributed by atoms with Crippen LogP contribution in [0.3, 0.4) is 0 Å². The molecule has 2 aliphatic rings. The fourth-order valence-corrected chi connectivity index (χ4v) is 4.19. The summed E-state index contributed by atoms with van der Waals surface area (Å²) in [6.07, 6.45) is 4.36. The zero-order chi connectivity index (χ0) is 23.2. The lowest BCUT2D eigenvalue weighted by atomic mass is 10.0. The van der Waals surface area contributed by atoms with E-state index < -0.39 is 17.9 Å². The van der Waals surface area contributed by atoms with Gasteiger partial charge in [-0.05, 0) is 12.8 Å². The summed E-state index contributed by atoms with van der Waals surface area (Å²) < 4.78 is 25.3. The predicted octanol–water partition coefficient (Wildman–Crippen LogP) is 1.49. The van der Waals surface area contributed by atoms with Gasteiger partial charge in [-0.3, -0.25) is 4.90 Å². The molecule has 0 atom stereocenters. The average molecular weight is 458 g/mol. The summed E-state index contributed by atoms with van der Waals surface area (Å²) >= 11 is 0. The maximum absolute atomic E-state index is 15.0. The van der Waals surface area contributed by atoms with E-state index >= 15 is 0 Å². The quantitative estimate of drug-likeness (QED) is 0.506. The Balaban J connectivity index is 1.38. The molecule has 1 aromatic heterocycles. The van der Waals surface area contributed by atoms with Crippen molar-refractivity contribution in [3.63, 3.8) is 0 Å². The van der Waals surface area contributed by atoms with E-state index in [4.69, 9.17) is 20.9 Å². The predicted molar refractivity (Wildman–Crippen MR) is 121 cm³/mol. The van der Waals surface area contributed by atoms with Crippen molar-refractivity contribution in [3.05, 3.63) is 42.0 Å². The molecule has 4 N–H and O–H groups in total. The summed E-state index contributed by atoms with van der Waals surface area (Å²) in [6, 6.07) is 5.40. The number of benzene rings is 1. The van der Waals surface area contributed by atoms with Gasteiger partial charge < -0.3 is 25.8 Å². The second-order valence-corrected chi connectivity index (χ2v) is 8.01. The molecule has 2 aliphatic heterocycles. The number of amides is 1. The van der Waals surface area contributed by atoms with Crippen LogP contribution in [-0.2, 0) is 16.1 Å². The highest BCUT2D eigenvalue weighted by molar-refractivity contribution is 5.87. The summed E-state index contributed by atoms with van der Waals surface area (Å²) in [5.74, 6) is -0.295. The third-order valence-corrected chi connectivity index (χ3v) is 5.91. The Morgan fingerprint density at radius 3 is 2.52 bits per heavy atom. The minimum atomic E-state index is -0.982. The largest absolute Gasteiger partial charge is 0.443 e. The van der Waals surface area contributed by atoms with Crippen molar-refractivity contribution < 1.29 is 18.7 Å². The number of nitrogens with two attached hydrogens (primary N) is 2. The zero-order valence-corrected chi connectivity index (χ0v) is 18.3.